The summed E-state index contributed by atoms with van der Waals surface area (Å²) in [4.78, 5) is 0. The monoisotopic (exact) mass is 211 g/mol. The van der Waals surface area contributed by atoms with Gasteiger partial charge in [0, 0.05) is 11.8 Å². The van der Waals surface area contributed by atoms with Crippen LogP contribution in [0.15, 0.2) is 24.3 Å². The van der Waals surface area contributed by atoms with Crippen molar-refractivity contribution >= 4 is 16.7 Å². The molecule has 6 heteroatoms. The smallest absolute Gasteiger partial charge is 0.533 e. The molecule has 12 heavy (non-hydrogen) atoms. The van der Waals surface area contributed by atoms with Crippen LogP contribution in [0, 0.1) is 0 Å². The van der Waals surface area contributed by atoms with Crippen LogP contribution in [0.5, 0.6) is 5.75 Å². The Hall–Kier alpha value is 0.406. The van der Waals surface area contributed by atoms with Crippen LogP contribution in [0.1, 0.15) is 0 Å². The van der Waals surface area contributed by atoms with Gasteiger partial charge in [0.25, 0.3) is 0 Å². The SMILES string of the molecule is Nc1cccc(O[S-](=O)=O)c1.[K+]. The van der Waals surface area contributed by atoms with E-state index in [0.29, 0.717) is 5.69 Å². The molecule has 0 atom stereocenters. The van der Waals surface area contributed by atoms with Gasteiger partial charge in [-0.05, 0) is 12.1 Å². The molecule has 0 heterocycles. The molecule has 0 aromatic heterocycles. The third-order valence-corrected chi connectivity index (χ3v) is 1.35. The maximum absolute atomic E-state index is 10.0. The average molecular weight is 211 g/mol. The Morgan fingerprint density at radius 2 is 2.00 bits per heavy atom. The van der Waals surface area contributed by atoms with E-state index >= 15 is 0 Å². The van der Waals surface area contributed by atoms with Gasteiger partial charge in [0.2, 0.25) is 0 Å². The summed E-state index contributed by atoms with van der Waals surface area (Å²) in [7, 11) is -2.53. The van der Waals surface area contributed by atoms with Gasteiger partial charge in [0.15, 0.2) is 0 Å². The molecule has 0 aliphatic rings. The van der Waals surface area contributed by atoms with E-state index in [0.717, 1.165) is 0 Å². The Balaban J connectivity index is 0.00000121. The molecule has 1 aromatic rings. The molecular weight excluding hydrogens is 205 g/mol. The van der Waals surface area contributed by atoms with E-state index in [1.54, 1.807) is 12.1 Å². The van der Waals surface area contributed by atoms with Crippen LogP contribution in [0.3, 0.4) is 0 Å². The molecule has 0 saturated carbocycles. The normalized spacial score (nSPS) is 9.08. The summed E-state index contributed by atoms with van der Waals surface area (Å²) >= 11 is 0. The average Bonchev–Trinajstić information content (AvgIpc) is 1.85. The zero-order valence-electron chi connectivity index (χ0n) is 6.52. The van der Waals surface area contributed by atoms with Crippen molar-refractivity contribution in [3.63, 3.8) is 0 Å². The zero-order chi connectivity index (χ0) is 8.27. The molecule has 0 saturated heterocycles. The Labute approximate surface area is 115 Å². The summed E-state index contributed by atoms with van der Waals surface area (Å²) in [5, 5.41) is 0. The molecule has 2 N–H and O–H groups in total. The second-order valence-corrected chi connectivity index (χ2v) is 2.43. The fourth-order valence-corrected chi connectivity index (χ4v) is 0.906. The van der Waals surface area contributed by atoms with Crippen molar-refractivity contribution in [1.82, 2.24) is 0 Å². The molecular formula is C6H6KNO3S. The van der Waals surface area contributed by atoms with Crippen LogP contribution in [-0.4, -0.2) is 0 Å². The molecule has 0 unspecified atom stereocenters. The fraction of sp³-hybridized carbons (Fsp3) is 0. The molecule has 0 bridgehead atoms. The number of benzene rings is 1. The van der Waals surface area contributed by atoms with Gasteiger partial charge in [-0.25, -0.2) is 0 Å². The van der Waals surface area contributed by atoms with Crippen LogP contribution < -0.4 is 61.3 Å². The molecule has 0 fully saturated rings. The van der Waals surface area contributed by atoms with Crippen molar-refractivity contribution in [2.24, 2.45) is 0 Å². The molecule has 0 radical (unpaired) electrons. The largest absolute Gasteiger partial charge is 1.00 e. The molecule has 1 rings (SSSR count). The van der Waals surface area contributed by atoms with Crippen molar-refractivity contribution in [1.29, 1.82) is 0 Å². The maximum atomic E-state index is 10.0. The van der Waals surface area contributed by atoms with Crippen molar-refractivity contribution in [2.45, 2.75) is 0 Å². The van der Waals surface area contributed by atoms with Crippen molar-refractivity contribution in [3.8, 4) is 5.75 Å². The maximum Gasteiger partial charge on any atom is 1.00 e. The first-order valence-electron chi connectivity index (χ1n) is 2.81. The predicted octanol–water partition coefficient (Wildman–Crippen LogP) is -2.12. The molecule has 0 amide bonds. The number of nitrogen functional groups attached to an aromatic ring is 1. The second-order valence-electron chi connectivity index (χ2n) is 1.86. The van der Waals surface area contributed by atoms with E-state index in [1.807, 2.05) is 0 Å². The van der Waals surface area contributed by atoms with E-state index in [4.69, 9.17) is 5.73 Å². The minimum Gasteiger partial charge on any atom is -0.533 e. The summed E-state index contributed by atoms with van der Waals surface area (Å²) in [6.07, 6.45) is 0. The van der Waals surface area contributed by atoms with Gasteiger partial charge in [0.05, 0.1) is 0 Å². The Kier molecular flexibility index (Phi) is 6.15. The van der Waals surface area contributed by atoms with E-state index in [1.165, 1.54) is 12.1 Å². The first-order valence-corrected chi connectivity index (χ1v) is 3.81. The molecule has 4 nitrogen and oxygen atoms in total. The summed E-state index contributed by atoms with van der Waals surface area (Å²) < 4.78 is 24.4. The third-order valence-electron chi connectivity index (χ3n) is 1.02. The standard InChI is InChI=1S/C6H6NO3S.K/c7-5-2-1-3-6(4-5)10-11(8)9;/h1-4H,7H2;/q-1;+1. The van der Waals surface area contributed by atoms with Crippen molar-refractivity contribution in [2.75, 3.05) is 5.73 Å². The Bertz CT molecular complexity index is 318. The number of nitrogens with two attached hydrogens (primary N) is 1. The number of hydrogen-bond acceptors (Lipinski definition) is 5. The minimum absolute atomic E-state index is 0. The van der Waals surface area contributed by atoms with E-state index in [9.17, 15) is 8.42 Å². The van der Waals surface area contributed by atoms with Crippen LogP contribution in [0.4, 0.5) is 5.69 Å². The Morgan fingerprint density at radius 3 is 2.50 bits per heavy atom. The van der Waals surface area contributed by atoms with Crippen LogP contribution >= 0.6 is 0 Å². The zero-order valence-corrected chi connectivity index (χ0v) is 10.5. The quantitative estimate of drug-likeness (QED) is 0.345. The van der Waals surface area contributed by atoms with Crippen molar-refractivity contribution < 1.29 is 64.0 Å². The van der Waals surface area contributed by atoms with Gasteiger partial charge in [-0.15, -0.1) is 0 Å². The van der Waals surface area contributed by atoms with E-state index < -0.39 is 11.0 Å². The minimum atomic E-state index is -2.53. The topological polar surface area (TPSA) is 69.4 Å². The molecule has 0 aliphatic carbocycles. The van der Waals surface area contributed by atoms with Crippen LogP contribution in [-0.2, 0) is 19.4 Å². The molecule has 0 spiro atoms. The summed E-state index contributed by atoms with van der Waals surface area (Å²) in [5.74, 6) is 0.221. The summed E-state index contributed by atoms with van der Waals surface area (Å²) in [6.45, 7) is 0. The Morgan fingerprint density at radius 1 is 1.33 bits per heavy atom. The summed E-state index contributed by atoms with van der Waals surface area (Å²) in [5.41, 5.74) is 5.82. The van der Waals surface area contributed by atoms with Crippen LogP contribution in [0.2, 0.25) is 0 Å². The van der Waals surface area contributed by atoms with E-state index in [-0.39, 0.29) is 57.1 Å². The van der Waals surface area contributed by atoms with Crippen LogP contribution in [0.25, 0.3) is 0 Å². The van der Waals surface area contributed by atoms with Gasteiger partial charge in [0.1, 0.15) is 16.7 Å². The molecule has 0 aliphatic heterocycles. The molecule has 1 aromatic carbocycles. The third kappa shape index (κ3) is 4.44. The number of anilines is 1. The van der Waals surface area contributed by atoms with Gasteiger partial charge in [-0.3, -0.25) is 0 Å². The van der Waals surface area contributed by atoms with Gasteiger partial charge in [-0.1, -0.05) is 6.07 Å². The first-order chi connectivity index (χ1) is 5.18. The van der Waals surface area contributed by atoms with Gasteiger partial charge < -0.3 is 18.3 Å². The van der Waals surface area contributed by atoms with Gasteiger partial charge >= 0.3 is 51.4 Å². The number of rotatable bonds is 2. The van der Waals surface area contributed by atoms with Crippen molar-refractivity contribution in [3.05, 3.63) is 24.3 Å². The van der Waals surface area contributed by atoms with Gasteiger partial charge in [-0.2, -0.15) is 0 Å². The fourth-order valence-electron chi connectivity index (χ4n) is 0.645. The predicted molar refractivity (Wildman–Crippen MR) is 40.2 cm³/mol. The second kappa shape index (κ2) is 5.95. The van der Waals surface area contributed by atoms with E-state index in [2.05, 4.69) is 4.18 Å². The first kappa shape index (κ1) is 12.4. The molecule has 60 valence electrons. The number of hydrogen-bond donors (Lipinski definition) is 1. The summed E-state index contributed by atoms with van der Waals surface area (Å²) in [6, 6.07) is 6.18.